The summed E-state index contributed by atoms with van der Waals surface area (Å²) in [5.74, 6) is 2.54. The Bertz CT molecular complexity index is 747. The van der Waals surface area contributed by atoms with Crippen molar-refractivity contribution in [2.45, 2.75) is 26.3 Å². The minimum absolute atomic E-state index is 0.245. The standard InChI is InChI=1S/C21H28N2O4/c1-15(2)17-7-5-6-8-18(17)27-12-11-22-21(24)23-14-16-9-10-19(25-3)20(13-16)26-4/h5-10,13,15H,11-12,14H2,1-4H3,(H2,22,23,24). The smallest absolute Gasteiger partial charge is 0.315 e. The average Bonchev–Trinajstić information content (AvgIpc) is 2.69. The highest BCUT2D eigenvalue weighted by molar-refractivity contribution is 5.73. The molecule has 6 nitrogen and oxygen atoms in total. The second kappa shape index (κ2) is 10.3. The molecule has 6 heteroatoms. The fraction of sp³-hybridized carbons (Fsp3) is 0.381. The molecule has 0 atom stereocenters. The number of para-hydroxylation sites is 1. The third kappa shape index (κ3) is 6.09. The molecule has 0 fully saturated rings. The van der Waals surface area contributed by atoms with Crippen LogP contribution < -0.4 is 24.8 Å². The molecule has 0 aromatic heterocycles. The second-order valence-electron chi connectivity index (χ2n) is 6.34. The van der Waals surface area contributed by atoms with E-state index in [0.29, 0.717) is 37.1 Å². The van der Waals surface area contributed by atoms with Crippen LogP contribution in [0.2, 0.25) is 0 Å². The van der Waals surface area contributed by atoms with E-state index in [1.807, 2.05) is 36.4 Å². The van der Waals surface area contributed by atoms with E-state index in [-0.39, 0.29) is 6.03 Å². The molecule has 0 bridgehead atoms. The normalized spacial score (nSPS) is 10.4. The summed E-state index contributed by atoms with van der Waals surface area (Å²) in [7, 11) is 3.17. The number of methoxy groups -OCH3 is 2. The Hall–Kier alpha value is -2.89. The predicted octanol–water partition coefficient (Wildman–Crippen LogP) is 3.71. The third-order valence-electron chi connectivity index (χ3n) is 4.09. The predicted molar refractivity (Wildman–Crippen MR) is 106 cm³/mol. The number of hydrogen-bond acceptors (Lipinski definition) is 4. The number of carbonyl (C=O) groups is 1. The number of hydrogen-bond donors (Lipinski definition) is 2. The van der Waals surface area contributed by atoms with Crippen molar-refractivity contribution in [2.75, 3.05) is 27.4 Å². The van der Waals surface area contributed by atoms with E-state index in [1.165, 1.54) is 0 Å². The van der Waals surface area contributed by atoms with E-state index >= 15 is 0 Å². The van der Waals surface area contributed by atoms with Gasteiger partial charge < -0.3 is 24.8 Å². The van der Waals surface area contributed by atoms with Gasteiger partial charge in [-0.25, -0.2) is 4.79 Å². The first kappa shape index (κ1) is 20.4. The minimum atomic E-state index is -0.245. The topological polar surface area (TPSA) is 68.8 Å². The number of ether oxygens (including phenoxy) is 3. The van der Waals surface area contributed by atoms with E-state index in [4.69, 9.17) is 14.2 Å². The second-order valence-corrected chi connectivity index (χ2v) is 6.34. The first-order valence-electron chi connectivity index (χ1n) is 8.99. The lowest BCUT2D eigenvalue weighted by Gasteiger charge is -2.14. The van der Waals surface area contributed by atoms with Gasteiger partial charge in [0.2, 0.25) is 0 Å². The molecule has 0 aliphatic carbocycles. The SMILES string of the molecule is COc1ccc(CNC(=O)NCCOc2ccccc2C(C)C)cc1OC. The van der Waals surface area contributed by atoms with Crippen LogP contribution in [0.4, 0.5) is 4.79 Å². The average molecular weight is 372 g/mol. The summed E-state index contributed by atoms with van der Waals surface area (Å²) in [5, 5.41) is 5.61. The molecule has 2 aromatic carbocycles. The molecule has 0 radical (unpaired) electrons. The van der Waals surface area contributed by atoms with Gasteiger partial charge in [-0.1, -0.05) is 38.1 Å². The Morgan fingerprint density at radius 2 is 1.70 bits per heavy atom. The molecule has 0 aliphatic heterocycles. The lowest BCUT2D eigenvalue weighted by molar-refractivity contribution is 0.236. The summed E-state index contributed by atoms with van der Waals surface area (Å²) in [5.41, 5.74) is 2.08. The van der Waals surface area contributed by atoms with Crippen molar-refractivity contribution in [2.24, 2.45) is 0 Å². The van der Waals surface area contributed by atoms with Crippen LogP contribution in [-0.2, 0) is 6.54 Å². The number of nitrogens with one attached hydrogen (secondary N) is 2. The summed E-state index contributed by atoms with van der Waals surface area (Å²) in [6.45, 7) is 5.48. The summed E-state index contributed by atoms with van der Waals surface area (Å²) in [6.07, 6.45) is 0. The van der Waals surface area contributed by atoms with Gasteiger partial charge in [0.05, 0.1) is 20.8 Å². The maximum absolute atomic E-state index is 11.9. The van der Waals surface area contributed by atoms with Crippen molar-refractivity contribution in [1.82, 2.24) is 10.6 Å². The van der Waals surface area contributed by atoms with Crippen LogP contribution in [0, 0.1) is 0 Å². The molecule has 0 saturated heterocycles. The molecule has 2 aromatic rings. The quantitative estimate of drug-likeness (QED) is 0.659. The monoisotopic (exact) mass is 372 g/mol. The van der Waals surface area contributed by atoms with Gasteiger partial charge in [-0.15, -0.1) is 0 Å². The number of benzene rings is 2. The Morgan fingerprint density at radius 1 is 0.963 bits per heavy atom. The Labute approximate surface area is 160 Å². The van der Waals surface area contributed by atoms with Gasteiger partial charge in [-0.3, -0.25) is 0 Å². The summed E-state index contributed by atoms with van der Waals surface area (Å²) < 4.78 is 16.3. The van der Waals surface area contributed by atoms with Gasteiger partial charge in [0.1, 0.15) is 12.4 Å². The molecule has 2 rings (SSSR count). The van der Waals surface area contributed by atoms with Crippen molar-refractivity contribution in [1.29, 1.82) is 0 Å². The number of amides is 2. The van der Waals surface area contributed by atoms with Crippen molar-refractivity contribution < 1.29 is 19.0 Å². The summed E-state index contributed by atoms with van der Waals surface area (Å²) in [6, 6.07) is 13.2. The Kier molecular flexibility index (Phi) is 7.79. The van der Waals surface area contributed by atoms with Gasteiger partial charge in [-0.05, 0) is 35.2 Å². The highest BCUT2D eigenvalue weighted by Gasteiger charge is 2.08. The van der Waals surface area contributed by atoms with E-state index in [9.17, 15) is 4.79 Å². The first-order chi connectivity index (χ1) is 13.0. The number of urea groups is 1. The van der Waals surface area contributed by atoms with Crippen LogP contribution in [0.15, 0.2) is 42.5 Å². The molecule has 2 amide bonds. The van der Waals surface area contributed by atoms with Crippen LogP contribution in [0.1, 0.15) is 30.9 Å². The fourth-order valence-electron chi connectivity index (χ4n) is 2.65. The highest BCUT2D eigenvalue weighted by atomic mass is 16.5. The molecule has 0 heterocycles. The van der Waals surface area contributed by atoms with E-state index in [1.54, 1.807) is 14.2 Å². The number of carbonyl (C=O) groups excluding carboxylic acids is 1. The molecule has 0 saturated carbocycles. The van der Waals surface area contributed by atoms with Gasteiger partial charge in [-0.2, -0.15) is 0 Å². The first-order valence-corrected chi connectivity index (χ1v) is 8.99. The van der Waals surface area contributed by atoms with Crippen LogP contribution >= 0.6 is 0 Å². The largest absolute Gasteiger partial charge is 0.493 e. The maximum Gasteiger partial charge on any atom is 0.315 e. The third-order valence-corrected chi connectivity index (χ3v) is 4.09. The van der Waals surface area contributed by atoms with Crippen LogP contribution in [0.25, 0.3) is 0 Å². The number of rotatable bonds is 9. The molecule has 27 heavy (non-hydrogen) atoms. The zero-order valence-corrected chi connectivity index (χ0v) is 16.4. The molecule has 0 unspecified atom stereocenters. The van der Waals surface area contributed by atoms with Crippen molar-refractivity contribution in [3.63, 3.8) is 0 Å². The summed E-state index contributed by atoms with van der Waals surface area (Å²) >= 11 is 0. The fourth-order valence-corrected chi connectivity index (χ4v) is 2.65. The van der Waals surface area contributed by atoms with E-state index in [0.717, 1.165) is 16.9 Å². The minimum Gasteiger partial charge on any atom is -0.493 e. The molecule has 0 spiro atoms. The van der Waals surface area contributed by atoms with Crippen molar-refractivity contribution >= 4 is 6.03 Å². The van der Waals surface area contributed by atoms with Gasteiger partial charge in [0.15, 0.2) is 11.5 Å². The highest BCUT2D eigenvalue weighted by Crippen LogP contribution is 2.27. The molecule has 2 N–H and O–H groups in total. The van der Waals surface area contributed by atoms with E-state index in [2.05, 4.69) is 30.5 Å². The van der Waals surface area contributed by atoms with Crippen molar-refractivity contribution in [3.8, 4) is 17.2 Å². The Morgan fingerprint density at radius 3 is 2.41 bits per heavy atom. The molecule has 146 valence electrons. The maximum atomic E-state index is 11.9. The molecule has 0 aliphatic rings. The van der Waals surface area contributed by atoms with Gasteiger partial charge >= 0.3 is 6.03 Å². The van der Waals surface area contributed by atoms with Gasteiger partial charge in [0.25, 0.3) is 0 Å². The van der Waals surface area contributed by atoms with Gasteiger partial charge in [0, 0.05) is 6.54 Å². The lowest BCUT2D eigenvalue weighted by Crippen LogP contribution is -2.37. The van der Waals surface area contributed by atoms with Crippen LogP contribution in [-0.4, -0.2) is 33.4 Å². The zero-order chi connectivity index (χ0) is 19.6. The Balaban J connectivity index is 1.74. The summed E-state index contributed by atoms with van der Waals surface area (Å²) in [4.78, 5) is 11.9. The lowest BCUT2D eigenvalue weighted by atomic mass is 10.0. The van der Waals surface area contributed by atoms with Crippen molar-refractivity contribution in [3.05, 3.63) is 53.6 Å². The van der Waals surface area contributed by atoms with Crippen LogP contribution in [0.5, 0.6) is 17.2 Å². The van der Waals surface area contributed by atoms with E-state index < -0.39 is 0 Å². The van der Waals surface area contributed by atoms with Crippen LogP contribution in [0.3, 0.4) is 0 Å². The molecular weight excluding hydrogens is 344 g/mol. The zero-order valence-electron chi connectivity index (χ0n) is 16.4. The molecular formula is C21H28N2O4.